The van der Waals surface area contributed by atoms with E-state index < -0.39 is 22.1 Å². The quantitative estimate of drug-likeness (QED) is 0.304. The number of nitrogens with one attached hydrogen (secondary N) is 1. The van der Waals surface area contributed by atoms with Crippen molar-refractivity contribution in [2.75, 3.05) is 6.54 Å². The number of hydrogen-bond acceptors (Lipinski definition) is 6. The molecular weight excluding hydrogens is 252 g/mol. The average molecular weight is 260 g/mol. The summed E-state index contributed by atoms with van der Waals surface area (Å²) < 4.78 is -1.21. The fourth-order valence-electron chi connectivity index (χ4n) is 1.18. The van der Waals surface area contributed by atoms with Gasteiger partial charge in [0.1, 0.15) is 0 Å². The van der Waals surface area contributed by atoms with E-state index in [1.54, 1.807) is 0 Å². The van der Waals surface area contributed by atoms with Gasteiger partial charge in [0.2, 0.25) is 5.91 Å². The highest BCUT2D eigenvalue weighted by molar-refractivity contribution is 8.93. The molecule has 2 aliphatic rings. The van der Waals surface area contributed by atoms with E-state index in [9.17, 15) is 19.5 Å². The van der Waals surface area contributed by atoms with Crippen LogP contribution in [0.15, 0.2) is 12.2 Å². The molecule has 16 heavy (non-hydrogen) atoms. The number of imide groups is 1. The van der Waals surface area contributed by atoms with E-state index in [0.717, 1.165) is 26.5 Å². The molecule has 2 heterocycles. The third-order valence-electron chi connectivity index (χ3n) is 2.00. The van der Waals surface area contributed by atoms with Gasteiger partial charge in [-0.05, 0) is 21.6 Å². The average Bonchev–Trinajstić information content (AvgIpc) is 2.83. The molecule has 0 bridgehead atoms. The van der Waals surface area contributed by atoms with Crippen molar-refractivity contribution in [1.29, 1.82) is 0 Å². The van der Waals surface area contributed by atoms with Gasteiger partial charge in [-0.25, -0.2) is 0 Å². The van der Waals surface area contributed by atoms with E-state index in [4.69, 9.17) is 0 Å². The van der Waals surface area contributed by atoms with Crippen LogP contribution in [0, 0.1) is 0 Å². The van der Waals surface area contributed by atoms with Gasteiger partial charge in [-0.1, -0.05) is 0 Å². The summed E-state index contributed by atoms with van der Waals surface area (Å²) >= 11 is 0. The first kappa shape index (κ1) is 11.5. The molecule has 0 saturated carbocycles. The minimum Gasteiger partial charge on any atom is -0.353 e. The highest BCUT2D eigenvalue weighted by Gasteiger charge is 2.46. The summed E-state index contributed by atoms with van der Waals surface area (Å²) in [5.41, 5.74) is 0. The second-order valence-electron chi connectivity index (χ2n) is 3.21. The summed E-state index contributed by atoms with van der Waals surface area (Å²) in [5, 5.41) is 11.7. The number of rotatable bonds is 4. The van der Waals surface area contributed by atoms with Gasteiger partial charge in [-0.15, -0.1) is 0 Å². The Morgan fingerprint density at radius 1 is 1.38 bits per heavy atom. The van der Waals surface area contributed by atoms with E-state index in [0.29, 0.717) is 0 Å². The van der Waals surface area contributed by atoms with Gasteiger partial charge in [0.25, 0.3) is 16.2 Å². The van der Waals surface area contributed by atoms with Crippen LogP contribution < -0.4 is 5.32 Å². The highest BCUT2D eigenvalue weighted by atomic mass is 33.2. The monoisotopic (exact) mass is 260 g/mol. The summed E-state index contributed by atoms with van der Waals surface area (Å²) in [7, 11) is 2.28. The summed E-state index contributed by atoms with van der Waals surface area (Å²) in [5.74, 6) is -1.22. The van der Waals surface area contributed by atoms with Crippen LogP contribution in [0.1, 0.15) is 6.42 Å². The van der Waals surface area contributed by atoms with Crippen LogP contribution >= 0.6 is 21.6 Å². The molecule has 6 nitrogen and oxygen atoms in total. The zero-order chi connectivity index (χ0) is 11.8. The van der Waals surface area contributed by atoms with Crippen molar-refractivity contribution in [2.24, 2.45) is 0 Å². The third kappa shape index (κ3) is 2.57. The first-order valence-corrected chi connectivity index (χ1v) is 6.59. The second kappa shape index (κ2) is 4.11. The Balaban J connectivity index is 1.77. The van der Waals surface area contributed by atoms with Gasteiger partial charge in [0.15, 0.2) is 0 Å². The first-order chi connectivity index (χ1) is 7.50. The molecule has 2 N–H and O–H groups in total. The summed E-state index contributed by atoms with van der Waals surface area (Å²) in [4.78, 5) is 34.5. The molecule has 0 aromatic heterocycles. The summed E-state index contributed by atoms with van der Waals surface area (Å²) in [6.07, 6.45) is 2.32. The van der Waals surface area contributed by atoms with Crippen LogP contribution in [0.5, 0.6) is 0 Å². The van der Waals surface area contributed by atoms with Crippen molar-refractivity contribution in [3.8, 4) is 0 Å². The Labute approximate surface area is 98.8 Å². The Kier molecular flexibility index (Phi) is 2.96. The van der Waals surface area contributed by atoms with E-state index in [1.165, 1.54) is 12.2 Å². The maximum absolute atomic E-state index is 11.3. The largest absolute Gasteiger partial charge is 0.353 e. The second-order valence-corrected chi connectivity index (χ2v) is 5.98. The number of nitrogens with zero attached hydrogens (tertiary/aromatic N) is 1. The van der Waals surface area contributed by atoms with Crippen molar-refractivity contribution >= 4 is 39.3 Å². The lowest BCUT2D eigenvalue weighted by molar-refractivity contribution is -0.137. The van der Waals surface area contributed by atoms with Gasteiger partial charge in [-0.2, -0.15) is 0 Å². The molecular formula is C8H8N2O4S2. The molecule has 2 aliphatic heterocycles. The Morgan fingerprint density at radius 3 is 2.44 bits per heavy atom. The zero-order valence-corrected chi connectivity index (χ0v) is 9.64. The number of carbonyl (C=O) groups excluding carboxylic acids is 3. The zero-order valence-electron chi connectivity index (χ0n) is 8.00. The van der Waals surface area contributed by atoms with Gasteiger partial charge in [-0.3, -0.25) is 19.3 Å². The lowest BCUT2D eigenvalue weighted by Crippen LogP contribution is -2.38. The van der Waals surface area contributed by atoms with Crippen molar-refractivity contribution in [3.63, 3.8) is 0 Å². The normalized spacial score (nSPS) is 21.4. The van der Waals surface area contributed by atoms with Crippen LogP contribution in [0.2, 0.25) is 0 Å². The van der Waals surface area contributed by atoms with Crippen LogP contribution in [0.3, 0.4) is 0 Å². The fourth-order valence-corrected chi connectivity index (χ4v) is 2.06. The summed E-state index contributed by atoms with van der Waals surface area (Å²) in [6, 6.07) is 0. The first-order valence-electron chi connectivity index (χ1n) is 4.44. The molecule has 8 heteroatoms. The van der Waals surface area contributed by atoms with Gasteiger partial charge < -0.3 is 10.4 Å². The highest BCUT2D eigenvalue weighted by Crippen LogP contribution is 2.60. The number of carbonyl (C=O) groups is 3. The van der Waals surface area contributed by atoms with Gasteiger partial charge in [0.05, 0.1) is 0 Å². The minimum absolute atomic E-state index is 0.0113. The number of amides is 3. The fraction of sp³-hybridized carbons (Fsp3) is 0.375. The molecule has 0 aliphatic carbocycles. The molecule has 0 aromatic rings. The molecule has 0 aromatic carbocycles. The number of hydrogen-bond donors (Lipinski definition) is 2. The maximum Gasteiger partial charge on any atom is 0.257 e. The summed E-state index contributed by atoms with van der Waals surface area (Å²) in [6.45, 7) is 0.0297. The van der Waals surface area contributed by atoms with E-state index in [2.05, 4.69) is 5.32 Å². The van der Waals surface area contributed by atoms with Gasteiger partial charge >= 0.3 is 0 Å². The molecule has 1 saturated heterocycles. The Morgan fingerprint density at radius 2 is 1.94 bits per heavy atom. The molecule has 0 atom stereocenters. The van der Waals surface area contributed by atoms with Crippen LogP contribution in [-0.2, 0) is 14.4 Å². The van der Waals surface area contributed by atoms with E-state index in [-0.39, 0.29) is 13.0 Å². The third-order valence-corrected chi connectivity index (χ3v) is 4.14. The predicted octanol–water partition coefficient (Wildman–Crippen LogP) is -0.584. The lowest BCUT2D eigenvalue weighted by Gasteiger charge is -2.13. The van der Waals surface area contributed by atoms with E-state index >= 15 is 0 Å². The maximum atomic E-state index is 11.3. The molecule has 86 valence electrons. The molecule has 0 radical (unpaired) electrons. The standard InChI is InChI=1S/C8H8N2O4S2/c11-5(9-8(14)15-16-8)3-4-10-6(12)1-2-7(10)13/h1-2,14H,3-4H2,(H,9,11). The smallest absolute Gasteiger partial charge is 0.257 e. The molecule has 0 spiro atoms. The Hall–Kier alpha value is -0.990. The molecule has 0 unspecified atom stereocenters. The molecule has 2 rings (SSSR count). The lowest BCUT2D eigenvalue weighted by atomic mass is 10.3. The Bertz CT molecular complexity index is 373. The molecule has 3 amide bonds. The number of aliphatic hydroxyl groups is 1. The SMILES string of the molecule is O=C(CCN1C(=O)C=CC1=O)NC1(O)SS1. The van der Waals surface area contributed by atoms with Crippen molar-refractivity contribution in [3.05, 3.63) is 12.2 Å². The van der Waals surface area contributed by atoms with E-state index in [1.807, 2.05) is 0 Å². The van der Waals surface area contributed by atoms with Crippen molar-refractivity contribution in [2.45, 2.75) is 10.8 Å². The molecule has 1 fully saturated rings. The predicted molar refractivity (Wildman–Crippen MR) is 58.8 cm³/mol. The van der Waals surface area contributed by atoms with Gasteiger partial charge in [0, 0.05) is 25.1 Å². The minimum atomic E-state index is -1.21. The van der Waals surface area contributed by atoms with Crippen LogP contribution in [0.4, 0.5) is 0 Å². The van der Waals surface area contributed by atoms with Crippen LogP contribution in [-0.4, -0.2) is 38.7 Å². The van der Waals surface area contributed by atoms with Crippen molar-refractivity contribution < 1.29 is 19.5 Å². The topological polar surface area (TPSA) is 86.7 Å². The van der Waals surface area contributed by atoms with Crippen molar-refractivity contribution in [1.82, 2.24) is 10.2 Å². The van der Waals surface area contributed by atoms with Crippen LogP contribution in [0.25, 0.3) is 0 Å².